The summed E-state index contributed by atoms with van der Waals surface area (Å²) in [5.41, 5.74) is 0.558. The Morgan fingerprint density at radius 1 is 0.972 bits per heavy atom. The molecule has 186 valence electrons. The Balaban J connectivity index is 1.69. The van der Waals surface area contributed by atoms with Crippen LogP contribution in [0.25, 0.3) is 11.1 Å². The molecule has 0 bridgehead atoms. The fourth-order valence-electron chi connectivity index (χ4n) is 3.63. The molecule has 6 nitrogen and oxygen atoms in total. The van der Waals surface area contributed by atoms with Crippen LogP contribution in [0.5, 0.6) is 5.75 Å². The zero-order valence-electron chi connectivity index (χ0n) is 19.3. The van der Waals surface area contributed by atoms with Gasteiger partial charge in [0.15, 0.2) is 11.4 Å². The third kappa shape index (κ3) is 5.20. The second-order valence-electron chi connectivity index (χ2n) is 7.79. The van der Waals surface area contributed by atoms with Gasteiger partial charge >= 0.3 is 11.9 Å². The quantitative estimate of drug-likeness (QED) is 0.239. The van der Waals surface area contributed by atoms with Crippen molar-refractivity contribution < 1.29 is 23.0 Å². The third-order valence-electron chi connectivity index (χ3n) is 5.49. The van der Waals surface area contributed by atoms with E-state index in [4.69, 9.17) is 32.7 Å². The zero-order valence-corrected chi connectivity index (χ0v) is 20.9. The molecule has 0 aliphatic carbocycles. The number of carbonyl (C=O) groups excluding carboxylic acids is 1. The molecule has 0 spiro atoms. The summed E-state index contributed by atoms with van der Waals surface area (Å²) in [5.74, 6) is -3.91. The maximum atomic E-state index is 15.7. The lowest BCUT2D eigenvalue weighted by atomic mass is 9.99. The van der Waals surface area contributed by atoms with Crippen molar-refractivity contribution in [3.8, 4) is 16.9 Å². The second kappa shape index (κ2) is 10.6. The van der Waals surface area contributed by atoms with Crippen molar-refractivity contribution in [2.45, 2.75) is 19.4 Å². The molecule has 10 heteroatoms. The van der Waals surface area contributed by atoms with Gasteiger partial charge in [-0.3, -0.25) is 0 Å². The minimum Gasteiger partial charge on any atom is -0.497 e. The van der Waals surface area contributed by atoms with Crippen LogP contribution in [0.4, 0.5) is 8.78 Å². The molecule has 3 aromatic carbocycles. The van der Waals surface area contributed by atoms with Gasteiger partial charge in [0.25, 0.3) is 0 Å². The van der Waals surface area contributed by atoms with E-state index in [1.54, 1.807) is 49.4 Å². The summed E-state index contributed by atoms with van der Waals surface area (Å²) in [5, 5.41) is 8.32. The summed E-state index contributed by atoms with van der Waals surface area (Å²) >= 11 is 12.0. The molecule has 0 fully saturated rings. The Bertz CT molecular complexity index is 1370. The van der Waals surface area contributed by atoms with E-state index in [-0.39, 0.29) is 18.7 Å². The average molecular weight is 532 g/mol. The van der Waals surface area contributed by atoms with Crippen LogP contribution in [0.2, 0.25) is 10.0 Å². The lowest BCUT2D eigenvalue weighted by molar-refractivity contribution is 0.0315. The smallest absolute Gasteiger partial charge is 0.358 e. The van der Waals surface area contributed by atoms with Gasteiger partial charge in [-0.15, -0.1) is 5.10 Å². The monoisotopic (exact) mass is 531 g/mol. The van der Waals surface area contributed by atoms with E-state index in [1.807, 2.05) is 0 Å². The van der Waals surface area contributed by atoms with Crippen molar-refractivity contribution in [1.29, 1.82) is 0 Å². The molecule has 0 N–H and O–H groups in total. The van der Waals surface area contributed by atoms with Gasteiger partial charge in [-0.2, -0.15) is 8.78 Å². The van der Waals surface area contributed by atoms with Crippen molar-refractivity contribution in [2.75, 3.05) is 13.7 Å². The highest BCUT2D eigenvalue weighted by Crippen LogP contribution is 2.38. The molecular formula is C26H21Cl2F2N3O3. The lowest BCUT2D eigenvalue weighted by Crippen LogP contribution is -2.23. The van der Waals surface area contributed by atoms with Gasteiger partial charge in [0, 0.05) is 5.56 Å². The standard InChI is InChI=1S/C26H21Cl2F2N3O3/c1-3-36-25(34)23-24(31-32-33(23)15-16-4-11-20(35-2)12-5-16)26(29,30)19-9-6-17(7-10-19)18-8-13-21(27)22(28)14-18/h4-14H,3,15H2,1-2H3. The van der Waals surface area contributed by atoms with E-state index >= 15 is 8.78 Å². The van der Waals surface area contributed by atoms with Crippen LogP contribution in [0.1, 0.15) is 34.2 Å². The van der Waals surface area contributed by atoms with Gasteiger partial charge in [0.05, 0.1) is 30.3 Å². The first-order chi connectivity index (χ1) is 17.2. The number of methoxy groups -OCH3 is 1. The maximum Gasteiger partial charge on any atom is 0.358 e. The van der Waals surface area contributed by atoms with Crippen LogP contribution in [0, 0.1) is 0 Å². The van der Waals surface area contributed by atoms with Crippen LogP contribution < -0.4 is 4.74 Å². The van der Waals surface area contributed by atoms with Crippen LogP contribution >= 0.6 is 23.2 Å². The SMILES string of the molecule is CCOC(=O)c1c(C(F)(F)c2ccc(-c3ccc(Cl)c(Cl)c3)cc2)nnn1Cc1ccc(OC)cc1. The second-order valence-corrected chi connectivity index (χ2v) is 8.61. The Kier molecular flexibility index (Phi) is 7.56. The highest BCUT2D eigenvalue weighted by atomic mass is 35.5. The van der Waals surface area contributed by atoms with Crippen molar-refractivity contribution >= 4 is 29.2 Å². The minimum absolute atomic E-state index is 0.00983. The van der Waals surface area contributed by atoms with Crippen molar-refractivity contribution in [3.05, 3.63) is 99.3 Å². The zero-order chi connectivity index (χ0) is 25.9. The molecule has 0 aliphatic rings. The summed E-state index contributed by atoms with van der Waals surface area (Å²) < 4.78 is 42.7. The number of nitrogens with zero attached hydrogens (tertiary/aromatic N) is 3. The number of hydrogen-bond acceptors (Lipinski definition) is 5. The topological polar surface area (TPSA) is 66.2 Å². The molecule has 0 saturated carbocycles. The minimum atomic E-state index is -3.61. The number of carbonyl (C=O) groups is 1. The number of alkyl halides is 2. The molecular weight excluding hydrogens is 511 g/mol. The van der Waals surface area contributed by atoms with Gasteiger partial charge in [-0.1, -0.05) is 70.9 Å². The molecule has 0 atom stereocenters. The van der Waals surface area contributed by atoms with Crippen molar-refractivity contribution in [2.24, 2.45) is 0 Å². The summed E-state index contributed by atoms with van der Waals surface area (Å²) in [6.07, 6.45) is 0. The highest BCUT2D eigenvalue weighted by Gasteiger charge is 2.43. The van der Waals surface area contributed by atoms with Crippen LogP contribution in [-0.4, -0.2) is 34.7 Å². The van der Waals surface area contributed by atoms with E-state index in [0.717, 1.165) is 10.2 Å². The first-order valence-electron chi connectivity index (χ1n) is 10.9. The van der Waals surface area contributed by atoms with Crippen LogP contribution in [-0.2, 0) is 17.2 Å². The van der Waals surface area contributed by atoms with Crippen molar-refractivity contribution in [1.82, 2.24) is 15.0 Å². The Labute approximate surface area is 216 Å². The van der Waals surface area contributed by atoms with Gasteiger partial charge in [0.1, 0.15) is 5.75 Å². The lowest BCUT2D eigenvalue weighted by Gasteiger charge is -2.17. The van der Waals surface area contributed by atoms with E-state index < -0.39 is 23.3 Å². The molecule has 4 rings (SSSR count). The molecule has 0 saturated heterocycles. The number of aromatic nitrogens is 3. The fourth-order valence-corrected chi connectivity index (χ4v) is 3.92. The van der Waals surface area contributed by atoms with Gasteiger partial charge in [-0.05, 0) is 47.9 Å². The van der Waals surface area contributed by atoms with Gasteiger partial charge < -0.3 is 9.47 Å². The van der Waals surface area contributed by atoms with Gasteiger partial charge in [-0.25, -0.2) is 9.48 Å². The molecule has 0 radical (unpaired) electrons. The number of ether oxygens (including phenoxy) is 2. The number of esters is 1. The molecule has 4 aromatic rings. The summed E-state index contributed by atoms with van der Waals surface area (Å²) in [6.45, 7) is 1.64. The van der Waals surface area contributed by atoms with E-state index in [9.17, 15) is 4.79 Å². The first kappa shape index (κ1) is 25.6. The molecule has 1 aromatic heterocycles. The molecule has 1 heterocycles. The third-order valence-corrected chi connectivity index (χ3v) is 6.23. The summed E-state index contributed by atoms with van der Waals surface area (Å²) in [4.78, 5) is 12.7. The average Bonchev–Trinajstić information content (AvgIpc) is 3.31. The number of benzene rings is 3. The van der Waals surface area contributed by atoms with E-state index in [0.29, 0.717) is 26.9 Å². The number of rotatable bonds is 8. The Morgan fingerprint density at radius 3 is 2.25 bits per heavy atom. The predicted octanol–water partition coefficient (Wildman–Crippen LogP) is 6.63. The molecule has 0 unspecified atom stereocenters. The highest BCUT2D eigenvalue weighted by molar-refractivity contribution is 6.42. The van der Waals surface area contributed by atoms with E-state index in [2.05, 4.69) is 10.3 Å². The number of halogens is 4. The van der Waals surface area contributed by atoms with Crippen LogP contribution in [0.15, 0.2) is 66.7 Å². The fraction of sp³-hybridized carbons (Fsp3) is 0.192. The summed E-state index contributed by atoms with van der Waals surface area (Å²) in [6, 6.07) is 17.6. The summed E-state index contributed by atoms with van der Waals surface area (Å²) in [7, 11) is 1.54. The molecule has 0 aliphatic heterocycles. The molecule has 0 amide bonds. The van der Waals surface area contributed by atoms with Crippen molar-refractivity contribution in [3.63, 3.8) is 0 Å². The Hall–Kier alpha value is -3.49. The predicted molar refractivity (Wildman–Crippen MR) is 133 cm³/mol. The maximum absolute atomic E-state index is 15.7. The number of hydrogen-bond donors (Lipinski definition) is 0. The first-order valence-corrected chi connectivity index (χ1v) is 11.7. The molecule has 36 heavy (non-hydrogen) atoms. The van der Waals surface area contributed by atoms with E-state index in [1.165, 1.54) is 31.4 Å². The largest absolute Gasteiger partial charge is 0.497 e. The normalized spacial score (nSPS) is 11.4. The van der Waals surface area contributed by atoms with Crippen LogP contribution in [0.3, 0.4) is 0 Å². The van der Waals surface area contributed by atoms with Gasteiger partial charge in [0.2, 0.25) is 0 Å². The Morgan fingerprint density at radius 2 is 1.64 bits per heavy atom.